The van der Waals surface area contributed by atoms with Crippen molar-refractivity contribution in [2.75, 3.05) is 13.2 Å². The average molecular weight is 251 g/mol. The Morgan fingerprint density at radius 1 is 1.22 bits per heavy atom. The third-order valence-electron chi connectivity index (χ3n) is 3.09. The molecule has 0 fully saturated rings. The van der Waals surface area contributed by atoms with Crippen LogP contribution in [0.25, 0.3) is 0 Å². The van der Waals surface area contributed by atoms with E-state index in [1.807, 2.05) is 24.3 Å². The van der Waals surface area contributed by atoms with E-state index in [4.69, 9.17) is 10.5 Å². The minimum absolute atomic E-state index is 0.498. The van der Waals surface area contributed by atoms with Crippen molar-refractivity contribution in [2.45, 2.75) is 45.1 Å². The van der Waals surface area contributed by atoms with Gasteiger partial charge >= 0.3 is 0 Å². The van der Waals surface area contributed by atoms with Crippen molar-refractivity contribution in [3.63, 3.8) is 0 Å². The van der Waals surface area contributed by atoms with Gasteiger partial charge in [0.15, 0.2) is 0 Å². The summed E-state index contributed by atoms with van der Waals surface area (Å²) in [6.45, 7) is 5.19. The Morgan fingerprint density at radius 3 is 2.44 bits per heavy atom. The zero-order valence-corrected chi connectivity index (χ0v) is 11.5. The van der Waals surface area contributed by atoms with Gasteiger partial charge in [-0.25, -0.2) is 0 Å². The Labute approximate surface area is 110 Å². The number of benzene rings is 1. The maximum Gasteiger partial charge on any atom is 0.119 e. The van der Waals surface area contributed by atoms with Gasteiger partial charge in [-0.2, -0.15) is 0 Å². The molecule has 1 aromatic rings. The van der Waals surface area contributed by atoms with Crippen LogP contribution in [0, 0.1) is 0 Å². The molecule has 1 aromatic carbocycles. The van der Waals surface area contributed by atoms with Gasteiger partial charge in [0.1, 0.15) is 12.4 Å². The molecular formula is C15H25NO2. The molecule has 18 heavy (non-hydrogen) atoms. The summed E-state index contributed by atoms with van der Waals surface area (Å²) in [5.41, 5.74) is 5.64. The molecule has 0 aliphatic heterocycles. The van der Waals surface area contributed by atoms with Crippen molar-refractivity contribution in [1.29, 1.82) is 0 Å². The summed E-state index contributed by atoms with van der Waals surface area (Å²) in [6, 6.07) is 7.73. The summed E-state index contributed by atoms with van der Waals surface area (Å²) in [7, 11) is 0. The van der Waals surface area contributed by atoms with Crippen LogP contribution in [0.15, 0.2) is 24.3 Å². The summed E-state index contributed by atoms with van der Waals surface area (Å²) < 4.78 is 5.51. The first-order valence-electron chi connectivity index (χ1n) is 6.82. The molecule has 0 unspecified atom stereocenters. The second-order valence-corrected chi connectivity index (χ2v) is 4.70. The molecule has 0 aliphatic rings. The second-order valence-electron chi connectivity index (χ2n) is 4.70. The lowest BCUT2D eigenvalue weighted by molar-refractivity contribution is 0.0167. The molecule has 0 amide bonds. The highest BCUT2D eigenvalue weighted by Gasteiger charge is 2.27. The molecule has 1 rings (SSSR count). The summed E-state index contributed by atoms with van der Waals surface area (Å²) >= 11 is 0. The molecule has 0 bridgehead atoms. The van der Waals surface area contributed by atoms with Gasteiger partial charge in [-0.15, -0.1) is 0 Å². The van der Waals surface area contributed by atoms with Crippen LogP contribution in [0.5, 0.6) is 5.75 Å². The van der Waals surface area contributed by atoms with Crippen molar-refractivity contribution >= 4 is 0 Å². The lowest BCUT2D eigenvalue weighted by atomic mass is 9.85. The number of nitrogens with two attached hydrogens (primary N) is 1. The fraction of sp³-hybridized carbons (Fsp3) is 0.600. The van der Waals surface area contributed by atoms with Crippen molar-refractivity contribution in [3.05, 3.63) is 29.8 Å². The molecule has 102 valence electrons. The monoisotopic (exact) mass is 251 g/mol. The molecule has 0 aliphatic carbocycles. The zero-order valence-electron chi connectivity index (χ0n) is 11.5. The Bertz CT molecular complexity index is 346. The van der Waals surface area contributed by atoms with E-state index in [0.29, 0.717) is 13.2 Å². The molecule has 3 N–H and O–H groups in total. The van der Waals surface area contributed by atoms with Crippen LogP contribution >= 0.6 is 0 Å². The first kappa shape index (κ1) is 15.0. The molecule has 0 heterocycles. The van der Waals surface area contributed by atoms with Gasteiger partial charge in [0.2, 0.25) is 0 Å². The van der Waals surface area contributed by atoms with E-state index in [9.17, 15) is 5.11 Å². The van der Waals surface area contributed by atoms with Crippen LogP contribution < -0.4 is 10.5 Å². The molecule has 3 nitrogen and oxygen atoms in total. The summed E-state index contributed by atoms with van der Waals surface area (Å²) in [5, 5.41) is 10.8. The standard InChI is InChI=1S/C15H25NO2/c1-3-8-15(17,9-4-2)13-6-5-7-14(12-13)18-11-10-16/h5-7,12,17H,3-4,8-11,16H2,1-2H3. The van der Waals surface area contributed by atoms with Gasteiger partial charge in [-0.1, -0.05) is 38.8 Å². The van der Waals surface area contributed by atoms with Gasteiger partial charge in [-0.3, -0.25) is 0 Å². The molecule has 0 radical (unpaired) electrons. The third kappa shape index (κ3) is 4.00. The Kier molecular flexibility index (Phi) is 6.16. The summed E-state index contributed by atoms with van der Waals surface area (Å²) in [6.07, 6.45) is 3.48. The minimum atomic E-state index is -0.731. The highest BCUT2D eigenvalue weighted by atomic mass is 16.5. The van der Waals surface area contributed by atoms with Crippen LogP contribution in [-0.4, -0.2) is 18.3 Å². The molecule has 0 saturated heterocycles. The van der Waals surface area contributed by atoms with E-state index in [1.54, 1.807) is 0 Å². The predicted molar refractivity (Wildman–Crippen MR) is 74.7 cm³/mol. The highest BCUT2D eigenvalue weighted by Crippen LogP contribution is 2.33. The van der Waals surface area contributed by atoms with E-state index < -0.39 is 5.60 Å². The van der Waals surface area contributed by atoms with Crippen LogP contribution in [0.3, 0.4) is 0 Å². The van der Waals surface area contributed by atoms with Crippen molar-refractivity contribution in [3.8, 4) is 5.75 Å². The van der Waals surface area contributed by atoms with Crippen LogP contribution in [0.2, 0.25) is 0 Å². The minimum Gasteiger partial charge on any atom is -0.492 e. The van der Waals surface area contributed by atoms with Crippen LogP contribution in [0.4, 0.5) is 0 Å². The van der Waals surface area contributed by atoms with Crippen LogP contribution in [0.1, 0.15) is 45.1 Å². The molecule has 0 aromatic heterocycles. The number of hydrogen-bond acceptors (Lipinski definition) is 3. The van der Waals surface area contributed by atoms with E-state index in [-0.39, 0.29) is 0 Å². The summed E-state index contributed by atoms with van der Waals surface area (Å²) in [5.74, 6) is 0.781. The maximum absolute atomic E-state index is 10.8. The fourth-order valence-corrected chi connectivity index (χ4v) is 2.29. The van der Waals surface area contributed by atoms with Gasteiger partial charge < -0.3 is 15.6 Å². The number of hydrogen-bond donors (Lipinski definition) is 2. The Balaban J connectivity index is 2.90. The van der Waals surface area contributed by atoms with Crippen LogP contribution in [-0.2, 0) is 5.60 Å². The van der Waals surface area contributed by atoms with Gasteiger partial charge in [-0.05, 0) is 30.5 Å². The Hall–Kier alpha value is -1.06. The topological polar surface area (TPSA) is 55.5 Å². The van der Waals surface area contributed by atoms with Gasteiger partial charge in [0, 0.05) is 6.54 Å². The first-order valence-corrected chi connectivity index (χ1v) is 6.82. The lowest BCUT2D eigenvalue weighted by Crippen LogP contribution is -2.25. The number of rotatable bonds is 8. The van der Waals surface area contributed by atoms with E-state index >= 15 is 0 Å². The van der Waals surface area contributed by atoms with Gasteiger partial charge in [0.25, 0.3) is 0 Å². The normalized spacial score (nSPS) is 11.6. The van der Waals surface area contributed by atoms with Crippen molar-refractivity contribution in [2.24, 2.45) is 5.73 Å². The number of aliphatic hydroxyl groups is 1. The highest BCUT2D eigenvalue weighted by molar-refractivity contribution is 5.32. The predicted octanol–water partition coefficient (Wildman–Crippen LogP) is 2.81. The molecule has 0 atom stereocenters. The lowest BCUT2D eigenvalue weighted by Gasteiger charge is -2.28. The SMILES string of the molecule is CCCC(O)(CCC)c1cccc(OCCN)c1. The van der Waals surface area contributed by atoms with Crippen molar-refractivity contribution in [1.82, 2.24) is 0 Å². The smallest absolute Gasteiger partial charge is 0.119 e. The molecule has 3 heteroatoms. The second kappa shape index (κ2) is 7.39. The zero-order chi connectivity index (χ0) is 13.4. The van der Waals surface area contributed by atoms with E-state index in [0.717, 1.165) is 37.0 Å². The third-order valence-corrected chi connectivity index (χ3v) is 3.09. The Morgan fingerprint density at radius 2 is 1.89 bits per heavy atom. The number of ether oxygens (including phenoxy) is 1. The maximum atomic E-state index is 10.8. The summed E-state index contributed by atoms with van der Waals surface area (Å²) in [4.78, 5) is 0. The molecule has 0 spiro atoms. The first-order chi connectivity index (χ1) is 8.66. The van der Waals surface area contributed by atoms with Crippen molar-refractivity contribution < 1.29 is 9.84 Å². The average Bonchev–Trinajstić information content (AvgIpc) is 2.37. The quantitative estimate of drug-likeness (QED) is 0.747. The molecule has 0 saturated carbocycles. The van der Waals surface area contributed by atoms with E-state index in [2.05, 4.69) is 13.8 Å². The van der Waals surface area contributed by atoms with E-state index in [1.165, 1.54) is 0 Å². The van der Waals surface area contributed by atoms with Gasteiger partial charge in [0.05, 0.1) is 5.60 Å². The fourth-order valence-electron chi connectivity index (χ4n) is 2.29. The largest absolute Gasteiger partial charge is 0.492 e. The molecular weight excluding hydrogens is 226 g/mol.